The third kappa shape index (κ3) is 4.53. The monoisotopic (exact) mass is 487 g/mol. The predicted molar refractivity (Wildman–Crippen MR) is 139 cm³/mol. The number of pyridine rings is 1. The Morgan fingerprint density at radius 2 is 2.06 bits per heavy atom. The van der Waals surface area contributed by atoms with Gasteiger partial charge in [0.25, 0.3) is 5.91 Å². The number of carbonyl (C=O) groups is 2. The van der Waals surface area contributed by atoms with Gasteiger partial charge >= 0.3 is 0 Å². The Bertz CT molecular complexity index is 1370. The minimum atomic E-state index is -0.315. The number of rotatable bonds is 5. The molecule has 8 nitrogen and oxygen atoms in total. The van der Waals surface area contributed by atoms with Gasteiger partial charge in [-0.2, -0.15) is 5.26 Å². The number of ether oxygens (including phenoxy) is 1. The van der Waals surface area contributed by atoms with E-state index in [2.05, 4.69) is 29.5 Å². The molecule has 0 bridgehead atoms. The number of hydrogen-bond donors (Lipinski definition) is 1. The average molecular weight is 488 g/mol. The van der Waals surface area contributed by atoms with Crippen LogP contribution in [0, 0.1) is 30.1 Å². The van der Waals surface area contributed by atoms with E-state index in [0.717, 1.165) is 36.1 Å². The molecule has 0 radical (unpaired) electrons. The summed E-state index contributed by atoms with van der Waals surface area (Å²) in [7, 11) is 3.48. The summed E-state index contributed by atoms with van der Waals surface area (Å²) >= 11 is 0. The summed E-state index contributed by atoms with van der Waals surface area (Å²) in [5.41, 5.74) is 4.33. The molecule has 2 atom stereocenters. The van der Waals surface area contributed by atoms with Gasteiger partial charge in [-0.25, -0.2) is 4.98 Å². The first-order chi connectivity index (χ1) is 17.2. The summed E-state index contributed by atoms with van der Waals surface area (Å²) in [6.45, 7) is 9.57. The number of likely N-dealkylation sites (tertiary alicyclic amines) is 1. The molecular formula is C28H33N5O3. The van der Waals surface area contributed by atoms with Crippen LogP contribution < -0.4 is 10.1 Å². The second-order valence-electron chi connectivity index (χ2n) is 9.98. The summed E-state index contributed by atoms with van der Waals surface area (Å²) < 4.78 is 7.21. The van der Waals surface area contributed by atoms with Crippen molar-refractivity contribution in [1.82, 2.24) is 14.5 Å². The molecule has 188 valence electrons. The first-order valence-corrected chi connectivity index (χ1v) is 12.3. The summed E-state index contributed by atoms with van der Waals surface area (Å²) in [5.74, 6) is 0.907. The van der Waals surface area contributed by atoms with Gasteiger partial charge in [0.05, 0.1) is 24.6 Å². The molecule has 3 heterocycles. The normalized spacial score (nSPS) is 17.8. The number of amides is 2. The largest absolute Gasteiger partial charge is 0.495 e. The maximum Gasteiger partial charge on any atom is 0.255 e. The van der Waals surface area contributed by atoms with E-state index in [1.165, 1.54) is 18.7 Å². The lowest BCUT2D eigenvalue weighted by molar-refractivity contribution is -0.136. The van der Waals surface area contributed by atoms with Crippen LogP contribution in [0.2, 0.25) is 0 Å². The molecule has 1 N–H and O–H groups in total. The lowest BCUT2D eigenvalue weighted by atomic mass is 9.81. The number of aryl methyl sites for hydroxylation is 2. The molecule has 0 unspecified atom stereocenters. The van der Waals surface area contributed by atoms with Gasteiger partial charge < -0.3 is 19.5 Å². The number of nitrogens with one attached hydrogen (secondary N) is 1. The van der Waals surface area contributed by atoms with E-state index in [0.29, 0.717) is 28.5 Å². The molecule has 3 aromatic rings. The Labute approximate surface area is 211 Å². The van der Waals surface area contributed by atoms with E-state index >= 15 is 0 Å². The number of nitrogens with zero attached hydrogens (tertiary/aromatic N) is 4. The lowest BCUT2D eigenvalue weighted by Crippen LogP contribution is -2.43. The summed E-state index contributed by atoms with van der Waals surface area (Å²) in [6.07, 6.45) is 4.71. The molecule has 4 rings (SSSR count). The second kappa shape index (κ2) is 10.0. The van der Waals surface area contributed by atoms with Gasteiger partial charge in [0, 0.05) is 43.2 Å². The molecule has 1 aliphatic rings. The Hall–Kier alpha value is -3.86. The highest BCUT2D eigenvalue weighted by Gasteiger charge is 2.33. The van der Waals surface area contributed by atoms with Crippen molar-refractivity contribution in [3.05, 3.63) is 52.8 Å². The Kier molecular flexibility index (Phi) is 7.02. The van der Waals surface area contributed by atoms with E-state index in [4.69, 9.17) is 4.74 Å². The fraction of sp³-hybridized carbons (Fsp3) is 0.429. The molecule has 0 spiro atoms. The first kappa shape index (κ1) is 25.2. The summed E-state index contributed by atoms with van der Waals surface area (Å²) in [6, 6.07) is 6.85. The van der Waals surface area contributed by atoms with Crippen molar-refractivity contribution >= 4 is 28.5 Å². The van der Waals surface area contributed by atoms with Crippen molar-refractivity contribution < 1.29 is 14.3 Å². The summed E-state index contributed by atoms with van der Waals surface area (Å²) in [5, 5.41) is 13.4. The fourth-order valence-electron chi connectivity index (χ4n) is 5.25. The number of anilines is 1. The van der Waals surface area contributed by atoms with Crippen LogP contribution in [-0.2, 0) is 11.8 Å². The van der Waals surface area contributed by atoms with E-state index in [9.17, 15) is 14.9 Å². The molecule has 8 heteroatoms. The highest BCUT2D eigenvalue weighted by Crippen LogP contribution is 2.40. The van der Waals surface area contributed by atoms with Gasteiger partial charge in [-0.15, -0.1) is 0 Å². The van der Waals surface area contributed by atoms with Crippen molar-refractivity contribution in [1.29, 1.82) is 5.26 Å². The smallest absolute Gasteiger partial charge is 0.255 e. The number of carbonyl (C=O) groups excluding carboxylic acids is 2. The average Bonchev–Trinajstić information content (AvgIpc) is 3.20. The van der Waals surface area contributed by atoms with Crippen molar-refractivity contribution in [2.45, 2.75) is 40.0 Å². The lowest BCUT2D eigenvalue weighted by Gasteiger charge is -2.38. The van der Waals surface area contributed by atoms with Crippen LogP contribution in [0.25, 0.3) is 11.0 Å². The van der Waals surface area contributed by atoms with Crippen molar-refractivity contribution in [3.8, 4) is 11.8 Å². The standard InChI is InChI=1S/C28H33N5O3/c1-16(2)28(35)33-10-9-21(17(3)14-33)22-15-32(5)26-25(22)18(4)23(13-30-26)31-27(34)19-7-8-24(36-6)20(11-19)12-29/h7-8,11,13,15-17,21H,9-10,14H2,1-6H3,(H,31,34)/t17-,21+/m0/s1. The van der Waals surface area contributed by atoms with Gasteiger partial charge in [0.1, 0.15) is 17.5 Å². The number of fused-ring (bicyclic) bond motifs is 1. The molecule has 1 fully saturated rings. The molecule has 1 aromatic carbocycles. The van der Waals surface area contributed by atoms with Crippen LogP contribution >= 0.6 is 0 Å². The topological polar surface area (TPSA) is 100 Å². The maximum atomic E-state index is 13.0. The zero-order valence-electron chi connectivity index (χ0n) is 21.8. The van der Waals surface area contributed by atoms with Crippen molar-refractivity contribution in [2.24, 2.45) is 18.9 Å². The van der Waals surface area contributed by atoms with Crippen LogP contribution in [0.5, 0.6) is 5.75 Å². The van der Waals surface area contributed by atoms with Crippen LogP contribution in [0.15, 0.2) is 30.6 Å². The van der Waals surface area contributed by atoms with Crippen molar-refractivity contribution in [2.75, 3.05) is 25.5 Å². The van der Waals surface area contributed by atoms with Gasteiger partial charge in [0.2, 0.25) is 5.91 Å². The molecular weight excluding hydrogens is 454 g/mol. The Morgan fingerprint density at radius 1 is 1.31 bits per heavy atom. The van der Waals surface area contributed by atoms with Crippen LogP contribution in [0.4, 0.5) is 5.69 Å². The number of benzene rings is 1. The number of hydrogen-bond acceptors (Lipinski definition) is 5. The number of nitriles is 1. The molecule has 1 saturated heterocycles. The molecule has 36 heavy (non-hydrogen) atoms. The molecule has 0 aliphatic carbocycles. The molecule has 1 aliphatic heterocycles. The Balaban J connectivity index is 1.64. The minimum Gasteiger partial charge on any atom is -0.495 e. The highest BCUT2D eigenvalue weighted by molar-refractivity contribution is 6.06. The van der Waals surface area contributed by atoms with E-state index in [-0.39, 0.29) is 23.7 Å². The third-order valence-corrected chi connectivity index (χ3v) is 7.21. The van der Waals surface area contributed by atoms with Crippen LogP contribution in [0.3, 0.4) is 0 Å². The molecule has 2 aromatic heterocycles. The van der Waals surface area contributed by atoms with Crippen molar-refractivity contribution in [3.63, 3.8) is 0 Å². The van der Waals surface area contributed by atoms with E-state index < -0.39 is 0 Å². The van der Waals surface area contributed by atoms with Gasteiger partial charge in [0.15, 0.2) is 0 Å². The van der Waals surface area contributed by atoms with Crippen LogP contribution in [0.1, 0.15) is 60.2 Å². The number of methoxy groups -OCH3 is 1. The molecule has 2 amide bonds. The highest BCUT2D eigenvalue weighted by atomic mass is 16.5. The number of piperidine rings is 1. The van der Waals surface area contributed by atoms with Gasteiger partial charge in [-0.1, -0.05) is 20.8 Å². The predicted octanol–water partition coefficient (Wildman–Crippen LogP) is 4.62. The maximum absolute atomic E-state index is 13.0. The quantitative estimate of drug-likeness (QED) is 0.566. The van der Waals surface area contributed by atoms with E-state index in [1.807, 2.05) is 37.3 Å². The SMILES string of the molecule is COc1ccc(C(=O)Nc2cnc3c(c([C@@H]4CCN(C(=O)C(C)C)C[C@@H]4C)cn3C)c2C)cc1C#N. The zero-order chi connectivity index (χ0) is 26.1. The Morgan fingerprint density at radius 3 is 2.69 bits per heavy atom. The first-order valence-electron chi connectivity index (χ1n) is 12.3. The van der Waals surface area contributed by atoms with Gasteiger partial charge in [-0.05, 0) is 54.5 Å². The minimum absolute atomic E-state index is 0.00106. The van der Waals surface area contributed by atoms with Gasteiger partial charge in [-0.3, -0.25) is 9.59 Å². The zero-order valence-corrected chi connectivity index (χ0v) is 21.8. The third-order valence-electron chi connectivity index (χ3n) is 7.21. The van der Waals surface area contributed by atoms with Crippen LogP contribution in [-0.4, -0.2) is 46.5 Å². The van der Waals surface area contributed by atoms with E-state index in [1.54, 1.807) is 18.3 Å². The summed E-state index contributed by atoms with van der Waals surface area (Å²) in [4.78, 5) is 32.2. The molecule has 0 saturated carbocycles. The number of aromatic nitrogens is 2. The fourth-order valence-corrected chi connectivity index (χ4v) is 5.25. The second-order valence-corrected chi connectivity index (χ2v) is 9.98.